The molecule has 7 nitrogen and oxygen atoms in total. The van der Waals surface area contributed by atoms with Crippen LogP contribution in [-0.4, -0.2) is 37.9 Å². The number of aryl methyl sites for hydroxylation is 1. The zero-order valence-electron chi connectivity index (χ0n) is 14.4. The van der Waals surface area contributed by atoms with Gasteiger partial charge in [0.15, 0.2) is 0 Å². The van der Waals surface area contributed by atoms with Crippen molar-refractivity contribution in [1.29, 1.82) is 0 Å². The number of hydrogen-bond donors (Lipinski definition) is 1. The van der Waals surface area contributed by atoms with Crippen molar-refractivity contribution in [3.8, 4) is 0 Å². The van der Waals surface area contributed by atoms with Gasteiger partial charge in [-0.15, -0.1) is 0 Å². The van der Waals surface area contributed by atoms with Crippen molar-refractivity contribution >= 4 is 28.1 Å². The molecule has 0 spiro atoms. The molecule has 1 aliphatic heterocycles. The molecule has 0 bridgehead atoms. The summed E-state index contributed by atoms with van der Waals surface area (Å²) < 4.78 is 24.0. The van der Waals surface area contributed by atoms with Crippen LogP contribution in [0.3, 0.4) is 0 Å². The number of benzene rings is 1. The molecule has 2 rings (SSSR count). The van der Waals surface area contributed by atoms with Crippen LogP contribution in [0.5, 0.6) is 0 Å². The standard InChI is InChI=1S/C17H21N3O4S/c1-12-6-8-15(9-7-12)25(23,24)19-18-10-4-5-11-20-16(21)13(2)14(3)17(20)22/h6-10,19H,4-5,11H2,1-3H3/b18-10+. The van der Waals surface area contributed by atoms with Crippen LogP contribution in [0, 0.1) is 6.92 Å². The van der Waals surface area contributed by atoms with Crippen LogP contribution in [0.15, 0.2) is 45.4 Å². The lowest BCUT2D eigenvalue weighted by molar-refractivity contribution is -0.137. The van der Waals surface area contributed by atoms with Gasteiger partial charge in [0, 0.05) is 23.9 Å². The Kier molecular flexibility index (Phi) is 5.73. The molecule has 0 unspecified atom stereocenters. The molecular formula is C17H21N3O4S. The Bertz CT molecular complexity index is 815. The molecule has 1 N–H and O–H groups in total. The third kappa shape index (κ3) is 4.33. The fraction of sp³-hybridized carbons (Fsp3) is 0.353. The molecule has 0 saturated carbocycles. The summed E-state index contributed by atoms with van der Waals surface area (Å²) in [5.74, 6) is -0.529. The van der Waals surface area contributed by atoms with Gasteiger partial charge in [0.1, 0.15) is 0 Å². The van der Waals surface area contributed by atoms with Crippen LogP contribution < -0.4 is 4.83 Å². The summed E-state index contributed by atoms with van der Waals surface area (Å²) in [4.78, 5) is 27.2. The van der Waals surface area contributed by atoms with Crippen LogP contribution in [0.1, 0.15) is 32.3 Å². The number of unbranched alkanes of at least 4 members (excludes halogenated alkanes) is 1. The van der Waals surface area contributed by atoms with Gasteiger partial charge >= 0.3 is 0 Å². The van der Waals surface area contributed by atoms with E-state index in [9.17, 15) is 18.0 Å². The molecule has 1 aliphatic rings. The quantitative estimate of drug-likeness (QED) is 0.345. The van der Waals surface area contributed by atoms with Crippen molar-refractivity contribution in [1.82, 2.24) is 9.73 Å². The van der Waals surface area contributed by atoms with Crippen molar-refractivity contribution in [3.63, 3.8) is 0 Å². The Morgan fingerprint density at radius 2 is 1.60 bits per heavy atom. The first kappa shape index (κ1) is 18.9. The Labute approximate surface area is 147 Å². The second-order valence-electron chi connectivity index (χ2n) is 5.87. The topological polar surface area (TPSA) is 95.9 Å². The zero-order chi connectivity index (χ0) is 18.6. The van der Waals surface area contributed by atoms with Crippen molar-refractivity contribution in [3.05, 3.63) is 41.0 Å². The summed E-state index contributed by atoms with van der Waals surface area (Å²) in [5, 5.41) is 3.71. The average molecular weight is 363 g/mol. The molecule has 134 valence electrons. The average Bonchev–Trinajstić information content (AvgIpc) is 2.75. The van der Waals surface area contributed by atoms with Gasteiger partial charge in [-0.3, -0.25) is 14.5 Å². The van der Waals surface area contributed by atoms with E-state index in [1.807, 2.05) is 6.92 Å². The molecule has 0 saturated heterocycles. The fourth-order valence-electron chi connectivity index (χ4n) is 2.30. The smallest absolute Gasteiger partial charge is 0.275 e. The molecule has 1 heterocycles. The molecule has 0 radical (unpaired) electrons. The number of carbonyl (C=O) groups excluding carboxylic acids is 2. The lowest BCUT2D eigenvalue weighted by Gasteiger charge is -2.13. The van der Waals surface area contributed by atoms with Crippen LogP contribution in [-0.2, 0) is 19.6 Å². The number of hydrogen-bond acceptors (Lipinski definition) is 5. The molecular weight excluding hydrogens is 342 g/mol. The van der Waals surface area contributed by atoms with Gasteiger partial charge in [0.05, 0.1) is 4.90 Å². The Hall–Kier alpha value is -2.48. The number of nitrogens with one attached hydrogen (secondary N) is 1. The largest absolute Gasteiger partial charge is 0.276 e. The highest BCUT2D eigenvalue weighted by Gasteiger charge is 2.32. The maximum atomic E-state index is 12.0. The van der Waals surface area contributed by atoms with E-state index in [0.717, 1.165) is 5.56 Å². The Morgan fingerprint density at radius 3 is 2.16 bits per heavy atom. The first-order chi connectivity index (χ1) is 11.7. The van der Waals surface area contributed by atoms with Gasteiger partial charge in [0.25, 0.3) is 21.8 Å². The lowest BCUT2D eigenvalue weighted by atomic mass is 10.2. The van der Waals surface area contributed by atoms with Crippen LogP contribution in [0.2, 0.25) is 0 Å². The van der Waals surface area contributed by atoms with Crippen LogP contribution in [0.4, 0.5) is 0 Å². The summed E-state index contributed by atoms with van der Waals surface area (Å²) in [6.07, 6.45) is 2.36. The van der Waals surface area contributed by atoms with Crippen LogP contribution in [0.25, 0.3) is 0 Å². The van der Waals surface area contributed by atoms with E-state index in [1.165, 1.54) is 23.2 Å². The number of sulfonamides is 1. The Morgan fingerprint density at radius 1 is 1.04 bits per heavy atom. The minimum atomic E-state index is -3.69. The Balaban J connectivity index is 1.80. The molecule has 0 aliphatic carbocycles. The van der Waals surface area contributed by atoms with E-state index in [1.54, 1.807) is 26.0 Å². The lowest BCUT2D eigenvalue weighted by Crippen LogP contribution is -2.32. The summed E-state index contributed by atoms with van der Waals surface area (Å²) in [5.41, 5.74) is 1.92. The molecule has 0 atom stereocenters. The molecule has 1 aromatic carbocycles. The van der Waals surface area contributed by atoms with Crippen molar-refractivity contribution in [2.45, 2.75) is 38.5 Å². The highest BCUT2D eigenvalue weighted by atomic mass is 32.2. The molecule has 2 amide bonds. The molecule has 25 heavy (non-hydrogen) atoms. The fourth-order valence-corrected chi connectivity index (χ4v) is 3.12. The predicted molar refractivity (Wildman–Crippen MR) is 94.3 cm³/mol. The highest BCUT2D eigenvalue weighted by Crippen LogP contribution is 2.19. The summed E-state index contributed by atoms with van der Waals surface area (Å²) in [7, 11) is -3.69. The minimum absolute atomic E-state index is 0.139. The van der Waals surface area contributed by atoms with E-state index in [0.29, 0.717) is 24.0 Å². The van der Waals surface area contributed by atoms with Crippen molar-refractivity contribution < 1.29 is 18.0 Å². The van der Waals surface area contributed by atoms with E-state index in [4.69, 9.17) is 0 Å². The molecule has 1 aromatic rings. The number of imide groups is 1. The van der Waals surface area contributed by atoms with E-state index in [-0.39, 0.29) is 23.3 Å². The summed E-state index contributed by atoms with van der Waals surface area (Å²) in [6.45, 7) is 5.42. The number of nitrogens with zero attached hydrogens (tertiary/aromatic N) is 2. The third-order valence-corrected chi connectivity index (χ3v) is 5.24. The van der Waals surface area contributed by atoms with Gasteiger partial charge < -0.3 is 0 Å². The molecule has 0 aromatic heterocycles. The van der Waals surface area contributed by atoms with Crippen molar-refractivity contribution in [2.75, 3.05) is 6.54 Å². The van der Waals surface area contributed by atoms with Crippen LogP contribution >= 0.6 is 0 Å². The van der Waals surface area contributed by atoms with Gasteiger partial charge in [-0.2, -0.15) is 13.5 Å². The number of hydrazone groups is 1. The zero-order valence-corrected chi connectivity index (χ0v) is 15.3. The number of amides is 2. The molecule has 8 heteroatoms. The summed E-state index contributed by atoms with van der Waals surface area (Å²) >= 11 is 0. The normalized spacial score (nSPS) is 15.6. The second-order valence-corrected chi connectivity index (χ2v) is 7.53. The van der Waals surface area contributed by atoms with Crippen molar-refractivity contribution in [2.24, 2.45) is 5.10 Å². The maximum absolute atomic E-state index is 12.0. The van der Waals surface area contributed by atoms with Gasteiger partial charge in [-0.1, -0.05) is 17.7 Å². The second kappa shape index (κ2) is 7.60. The SMILES string of the molecule is CC1=C(C)C(=O)N(CCC/C=N/NS(=O)(=O)c2ccc(C)cc2)C1=O. The van der Waals surface area contributed by atoms with E-state index < -0.39 is 10.0 Å². The maximum Gasteiger partial charge on any atom is 0.276 e. The summed E-state index contributed by atoms with van der Waals surface area (Å²) in [6, 6.07) is 6.44. The highest BCUT2D eigenvalue weighted by molar-refractivity contribution is 7.89. The first-order valence-electron chi connectivity index (χ1n) is 7.87. The van der Waals surface area contributed by atoms with E-state index >= 15 is 0 Å². The predicted octanol–water partition coefficient (Wildman–Crippen LogP) is 1.74. The van der Waals surface area contributed by atoms with Gasteiger partial charge in [-0.25, -0.2) is 4.83 Å². The van der Waals surface area contributed by atoms with Gasteiger partial charge in [0.2, 0.25) is 0 Å². The number of rotatable bonds is 7. The molecule has 0 fully saturated rings. The number of carbonyl (C=O) groups is 2. The minimum Gasteiger partial charge on any atom is -0.275 e. The third-order valence-electron chi connectivity index (χ3n) is 4.00. The van der Waals surface area contributed by atoms with E-state index in [2.05, 4.69) is 9.93 Å². The van der Waals surface area contributed by atoms with Gasteiger partial charge in [-0.05, 0) is 45.7 Å². The monoisotopic (exact) mass is 363 g/mol. The first-order valence-corrected chi connectivity index (χ1v) is 9.36.